The highest BCUT2D eigenvalue weighted by atomic mass is 16.5. The molecule has 1 saturated carbocycles. The quantitative estimate of drug-likeness (QED) is 0.724. The summed E-state index contributed by atoms with van der Waals surface area (Å²) in [5, 5.41) is 5.77. The Morgan fingerprint density at radius 2 is 1.91 bits per heavy atom. The van der Waals surface area contributed by atoms with E-state index in [2.05, 4.69) is 10.6 Å². The molecule has 2 amide bonds. The molecular formula is C17H24N2O3. The number of hydrogen-bond acceptors (Lipinski definition) is 3. The first-order valence-corrected chi connectivity index (χ1v) is 7.80. The summed E-state index contributed by atoms with van der Waals surface area (Å²) >= 11 is 0. The maximum atomic E-state index is 12.3. The number of methoxy groups -OCH3 is 1. The van der Waals surface area contributed by atoms with E-state index in [-0.39, 0.29) is 17.2 Å². The van der Waals surface area contributed by atoms with E-state index in [1.165, 1.54) is 0 Å². The van der Waals surface area contributed by atoms with Crippen molar-refractivity contribution in [2.24, 2.45) is 0 Å². The van der Waals surface area contributed by atoms with Crippen molar-refractivity contribution in [1.82, 2.24) is 5.32 Å². The molecule has 2 rings (SSSR count). The second-order valence-corrected chi connectivity index (χ2v) is 5.71. The Hall–Kier alpha value is -1.88. The molecule has 0 bridgehead atoms. The molecule has 0 aliphatic heterocycles. The maximum Gasteiger partial charge on any atom is 0.230 e. The molecule has 0 radical (unpaired) electrons. The molecule has 120 valence electrons. The van der Waals surface area contributed by atoms with Crippen molar-refractivity contribution in [2.75, 3.05) is 25.6 Å². The molecule has 22 heavy (non-hydrogen) atoms. The Kier molecular flexibility index (Phi) is 5.55. The molecule has 0 aromatic heterocycles. The van der Waals surface area contributed by atoms with Crippen LogP contribution in [0.4, 0.5) is 5.69 Å². The van der Waals surface area contributed by atoms with Gasteiger partial charge < -0.3 is 15.4 Å². The zero-order chi connectivity index (χ0) is 16.0. The number of ether oxygens (including phenoxy) is 1. The van der Waals surface area contributed by atoms with E-state index in [9.17, 15) is 9.59 Å². The lowest BCUT2D eigenvalue weighted by atomic mass is 9.94. The van der Waals surface area contributed by atoms with Crippen LogP contribution in [0.5, 0.6) is 0 Å². The van der Waals surface area contributed by atoms with Gasteiger partial charge in [-0.05, 0) is 37.0 Å². The maximum absolute atomic E-state index is 12.3. The molecule has 5 heteroatoms. The van der Waals surface area contributed by atoms with Gasteiger partial charge in [-0.25, -0.2) is 0 Å². The predicted molar refractivity (Wildman–Crippen MR) is 85.8 cm³/mol. The van der Waals surface area contributed by atoms with E-state index in [1.807, 2.05) is 31.2 Å². The van der Waals surface area contributed by atoms with Crippen LogP contribution in [0, 0.1) is 0 Å². The van der Waals surface area contributed by atoms with Crippen LogP contribution in [0.2, 0.25) is 0 Å². The molecule has 0 atom stereocenters. The number of amides is 2. The number of nitrogens with one attached hydrogen (secondary N) is 2. The average molecular weight is 304 g/mol. The van der Waals surface area contributed by atoms with Crippen molar-refractivity contribution >= 4 is 17.5 Å². The van der Waals surface area contributed by atoms with Gasteiger partial charge in [0, 0.05) is 25.8 Å². The summed E-state index contributed by atoms with van der Waals surface area (Å²) in [5.41, 5.74) is 1.40. The first-order valence-electron chi connectivity index (χ1n) is 7.80. The third-order valence-corrected chi connectivity index (χ3v) is 3.97. The number of carbonyl (C=O) groups is 2. The largest absolute Gasteiger partial charge is 0.383 e. The second-order valence-electron chi connectivity index (χ2n) is 5.71. The third kappa shape index (κ3) is 3.85. The van der Waals surface area contributed by atoms with Crippen LogP contribution >= 0.6 is 0 Å². The van der Waals surface area contributed by atoms with Gasteiger partial charge in [0.15, 0.2) is 0 Å². The van der Waals surface area contributed by atoms with E-state index in [4.69, 9.17) is 4.74 Å². The Balaban J connectivity index is 1.97. The van der Waals surface area contributed by atoms with Crippen LogP contribution in [0.15, 0.2) is 24.3 Å². The highest BCUT2D eigenvalue weighted by molar-refractivity contribution is 5.92. The van der Waals surface area contributed by atoms with Gasteiger partial charge in [-0.1, -0.05) is 19.1 Å². The van der Waals surface area contributed by atoms with Crippen molar-refractivity contribution in [3.05, 3.63) is 29.8 Å². The highest BCUT2D eigenvalue weighted by Gasteiger charge is 2.50. The van der Waals surface area contributed by atoms with Crippen molar-refractivity contribution in [1.29, 1.82) is 0 Å². The van der Waals surface area contributed by atoms with Gasteiger partial charge in [0.25, 0.3) is 0 Å². The normalized spacial score (nSPS) is 15.2. The summed E-state index contributed by atoms with van der Waals surface area (Å²) in [7, 11) is 1.62. The van der Waals surface area contributed by atoms with Crippen LogP contribution in [-0.2, 0) is 19.7 Å². The lowest BCUT2D eigenvalue weighted by Gasteiger charge is -2.16. The second kappa shape index (κ2) is 7.40. The average Bonchev–Trinajstić information content (AvgIpc) is 3.30. The molecule has 1 aliphatic carbocycles. The van der Waals surface area contributed by atoms with E-state index >= 15 is 0 Å². The monoisotopic (exact) mass is 304 g/mol. The van der Waals surface area contributed by atoms with Crippen LogP contribution in [0.1, 0.15) is 38.2 Å². The number of hydrogen-bond donors (Lipinski definition) is 2. The molecule has 1 aromatic carbocycles. The fourth-order valence-corrected chi connectivity index (χ4v) is 2.53. The Morgan fingerprint density at radius 1 is 1.23 bits per heavy atom. The molecule has 5 nitrogen and oxygen atoms in total. The Morgan fingerprint density at radius 3 is 2.45 bits per heavy atom. The minimum atomic E-state index is -0.389. The van der Waals surface area contributed by atoms with Gasteiger partial charge in [0.05, 0.1) is 12.0 Å². The lowest BCUT2D eigenvalue weighted by Crippen LogP contribution is -2.36. The standard InChI is InChI=1S/C17H24N2O3/c1-3-4-15(20)19-14-7-5-13(6-8-14)17(9-10-17)16(21)18-11-12-22-2/h5-8H,3-4,9-12H2,1-2H3,(H,18,21)(H,19,20). The zero-order valence-corrected chi connectivity index (χ0v) is 13.3. The summed E-state index contributed by atoms with van der Waals surface area (Å²) in [5.74, 6) is 0.0843. The molecule has 1 aliphatic rings. The molecule has 0 heterocycles. The number of anilines is 1. The van der Waals surface area contributed by atoms with Crippen LogP contribution in [0.25, 0.3) is 0 Å². The predicted octanol–water partition coefficient (Wildman–Crippen LogP) is 2.22. The molecule has 0 saturated heterocycles. The molecule has 0 spiro atoms. The van der Waals surface area contributed by atoms with Gasteiger partial charge >= 0.3 is 0 Å². The molecule has 0 unspecified atom stereocenters. The van der Waals surface area contributed by atoms with Crippen molar-refractivity contribution in [3.8, 4) is 0 Å². The third-order valence-electron chi connectivity index (χ3n) is 3.97. The van der Waals surface area contributed by atoms with Crippen LogP contribution < -0.4 is 10.6 Å². The van der Waals surface area contributed by atoms with Gasteiger partial charge in [0.1, 0.15) is 0 Å². The first kappa shape index (κ1) is 16.5. The van der Waals surface area contributed by atoms with E-state index in [0.717, 1.165) is 30.5 Å². The van der Waals surface area contributed by atoms with Gasteiger partial charge in [-0.15, -0.1) is 0 Å². The first-order chi connectivity index (χ1) is 10.6. The fourth-order valence-electron chi connectivity index (χ4n) is 2.53. The minimum Gasteiger partial charge on any atom is -0.383 e. The number of rotatable bonds is 8. The summed E-state index contributed by atoms with van der Waals surface area (Å²) in [4.78, 5) is 23.9. The molecule has 2 N–H and O–H groups in total. The number of carbonyl (C=O) groups excluding carboxylic acids is 2. The van der Waals surface area contributed by atoms with E-state index in [1.54, 1.807) is 7.11 Å². The number of benzene rings is 1. The van der Waals surface area contributed by atoms with Gasteiger partial charge in [-0.3, -0.25) is 9.59 Å². The molecule has 1 aromatic rings. The Labute approximate surface area is 131 Å². The highest BCUT2D eigenvalue weighted by Crippen LogP contribution is 2.48. The SMILES string of the molecule is CCCC(=O)Nc1ccc(C2(C(=O)NCCOC)CC2)cc1. The molecular weight excluding hydrogens is 280 g/mol. The lowest BCUT2D eigenvalue weighted by molar-refractivity contribution is -0.123. The smallest absolute Gasteiger partial charge is 0.230 e. The van der Waals surface area contributed by atoms with Crippen LogP contribution in [0.3, 0.4) is 0 Å². The van der Waals surface area contributed by atoms with E-state index < -0.39 is 0 Å². The summed E-state index contributed by atoms with van der Waals surface area (Å²) in [6.45, 7) is 3.02. The molecule has 1 fully saturated rings. The van der Waals surface area contributed by atoms with Gasteiger partial charge in [-0.2, -0.15) is 0 Å². The topological polar surface area (TPSA) is 67.4 Å². The summed E-state index contributed by atoms with van der Waals surface area (Å²) < 4.78 is 4.95. The minimum absolute atomic E-state index is 0.0219. The van der Waals surface area contributed by atoms with Crippen LogP contribution in [-0.4, -0.2) is 32.1 Å². The van der Waals surface area contributed by atoms with Crippen molar-refractivity contribution < 1.29 is 14.3 Å². The summed E-state index contributed by atoms with van der Waals surface area (Å²) in [6, 6.07) is 7.60. The van der Waals surface area contributed by atoms with E-state index in [0.29, 0.717) is 19.6 Å². The summed E-state index contributed by atoms with van der Waals surface area (Å²) in [6.07, 6.45) is 3.09. The zero-order valence-electron chi connectivity index (χ0n) is 13.3. The fraction of sp³-hybridized carbons (Fsp3) is 0.529. The Bertz CT molecular complexity index is 521. The van der Waals surface area contributed by atoms with Crippen molar-refractivity contribution in [3.63, 3.8) is 0 Å². The van der Waals surface area contributed by atoms with Gasteiger partial charge in [0.2, 0.25) is 11.8 Å². The van der Waals surface area contributed by atoms with Crippen molar-refractivity contribution in [2.45, 2.75) is 38.0 Å².